The smallest absolute Gasteiger partial charge is 0.179 e. The van der Waals surface area contributed by atoms with Gasteiger partial charge in [-0.15, -0.1) is 5.10 Å². The molecular formula is C10H15N5. The topological polar surface area (TPSA) is 69.1 Å². The van der Waals surface area contributed by atoms with E-state index in [0.717, 1.165) is 16.9 Å². The van der Waals surface area contributed by atoms with E-state index >= 15 is 0 Å². The molecule has 0 aliphatic carbocycles. The molecule has 15 heavy (non-hydrogen) atoms. The number of nitrogens with two attached hydrogens (primary N) is 1. The number of aromatic nitrogens is 4. The minimum Gasteiger partial charge on any atom is -0.326 e. The van der Waals surface area contributed by atoms with Crippen molar-refractivity contribution in [3.63, 3.8) is 0 Å². The number of hydrogen-bond donors (Lipinski definition) is 1. The summed E-state index contributed by atoms with van der Waals surface area (Å²) in [5.74, 6) is 0. The van der Waals surface area contributed by atoms with Crippen LogP contribution >= 0.6 is 0 Å². The molecule has 80 valence electrons. The Kier molecular flexibility index (Phi) is 2.19. The van der Waals surface area contributed by atoms with E-state index in [-0.39, 0.29) is 5.41 Å². The number of fused-ring (bicyclic) bond motifs is 1. The molecule has 0 amide bonds. The van der Waals surface area contributed by atoms with Crippen molar-refractivity contribution >= 4 is 5.65 Å². The van der Waals surface area contributed by atoms with Gasteiger partial charge in [0.15, 0.2) is 5.65 Å². The Hall–Kier alpha value is -1.49. The van der Waals surface area contributed by atoms with Crippen molar-refractivity contribution in [2.45, 2.75) is 32.7 Å². The molecule has 0 atom stereocenters. The molecule has 0 fully saturated rings. The molecule has 0 saturated carbocycles. The highest BCUT2D eigenvalue weighted by atomic mass is 15.4. The molecule has 5 heteroatoms. The summed E-state index contributed by atoms with van der Waals surface area (Å²) < 4.78 is 1.68. The molecule has 2 aromatic rings. The fourth-order valence-electron chi connectivity index (χ4n) is 1.42. The standard InChI is InChI=1S/C10H15N5/c1-10(2,3)8-9-12-5-7(4-11)6-15(9)14-13-8/h5-6H,4,11H2,1-3H3. The summed E-state index contributed by atoms with van der Waals surface area (Å²) in [6.45, 7) is 6.74. The van der Waals surface area contributed by atoms with Gasteiger partial charge in [-0.05, 0) is 0 Å². The normalized spacial score (nSPS) is 12.3. The van der Waals surface area contributed by atoms with E-state index < -0.39 is 0 Å². The second-order valence-corrected chi connectivity index (χ2v) is 4.62. The average molecular weight is 205 g/mol. The van der Waals surface area contributed by atoms with Gasteiger partial charge in [0, 0.05) is 29.9 Å². The zero-order chi connectivity index (χ0) is 11.1. The first-order valence-electron chi connectivity index (χ1n) is 4.93. The maximum absolute atomic E-state index is 5.53. The van der Waals surface area contributed by atoms with Gasteiger partial charge in [-0.1, -0.05) is 26.0 Å². The molecule has 0 aliphatic rings. The first-order chi connectivity index (χ1) is 7.02. The van der Waals surface area contributed by atoms with Crippen molar-refractivity contribution in [2.24, 2.45) is 5.73 Å². The van der Waals surface area contributed by atoms with Crippen LogP contribution in [0.15, 0.2) is 12.4 Å². The summed E-state index contributed by atoms with van der Waals surface area (Å²) in [5.41, 5.74) is 8.15. The van der Waals surface area contributed by atoms with Gasteiger partial charge in [0.1, 0.15) is 5.69 Å². The minimum atomic E-state index is -0.0427. The first-order valence-corrected chi connectivity index (χ1v) is 4.93. The largest absolute Gasteiger partial charge is 0.326 e. The van der Waals surface area contributed by atoms with Crippen LogP contribution in [-0.2, 0) is 12.0 Å². The fourth-order valence-corrected chi connectivity index (χ4v) is 1.42. The molecule has 5 nitrogen and oxygen atoms in total. The van der Waals surface area contributed by atoms with Crippen molar-refractivity contribution < 1.29 is 0 Å². The third-order valence-corrected chi connectivity index (χ3v) is 2.26. The Morgan fingerprint density at radius 1 is 1.40 bits per heavy atom. The fraction of sp³-hybridized carbons (Fsp3) is 0.500. The van der Waals surface area contributed by atoms with Gasteiger partial charge >= 0.3 is 0 Å². The molecule has 0 saturated heterocycles. The van der Waals surface area contributed by atoms with Crippen molar-refractivity contribution in [1.82, 2.24) is 19.8 Å². The summed E-state index contributed by atoms with van der Waals surface area (Å²) in [4.78, 5) is 4.34. The van der Waals surface area contributed by atoms with E-state index in [1.165, 1.54) is 0 Å². The summed E-state index contributed by atoms with van der Waals surface area (Å²) in [5, 5.41) is 8.19. The Bertz CT molecular complexity index is 480. The maximum atomic E-state index is 5.53. The van der Waals surface area contributed by atoms with Crippen molar-refractivity contribution in [3.05, 3.63) is 23.7 Å². The average Bonchev–Trinajstić information content (AvgIpc) is 2.59. The van der Waals surface area contributed by atoms with Gasteiger partial charge < -0.3 is 5.73 Å². The van der Waals surface area contributed by atoms with Crippen LogP contribution in [-0.4, -0.2) is 19.8 Å². The van der Waals surface area contributed by atoms with Crippen molar-refractivity contribution in [3.8, 4) is 0 Å². The van der Waals surface area contributed by atoms with Crippen LogP contribution in [0.4, 0.5) is 0 Å². The molecule has 2 N–H and O–H groups in total. The van der Waals surface area contributed by atoms with Gasteiger partial charge in [-0.3, -0.25) is 0 Å². The number of hydrogen-bond acceptors (Lipinski definition) is 4. The van der Waals surface area contributed by atoms with Gasteiger partial charge in [-0.2, -0.15) is 0 Å². The van der Waals surface area contributed by atoms with E-state index in [2.05, 4.69) is 36.1 Å². The maximum Gasteiger partial charge on any atom is 0.179 e. The van der Waals surface area contributed by atoms with Crippen LogP contribution in [0.1, 0.15) is 32.0 Å². The monoisotopic (exact) mass is 205 g/mol. The molecule has 0 radical (unpaired) electrons. The molecule has 2 aromatic heterocycles. The second-order valence-electron chi connectivity index (χ2n) is 4.62. The van der Waals surface area contributed by atoms with E-state index in [9.17, 15) is 0 Å². The molecule has 0 unspecified atom stereocenters. The highest BCUT2D eigenvalue weighted by Crippen LogP contribution is 2.22. The molecule has 2 heterocycles. The van der Waals surface area contributed by atoms with Crippen LogP contribution in [0, 0.1) is 0 Å². The zero-order valence-electron chi connectivity index (χ0n) is 9.23. The first kappa shape index (κ1) is 10.0. The lowest BCUT2D eigenvalue weighted by Crippen LogP contribution is -2.13. The van der Waals surface area contributed by atoms with Crippen molar-refractivity contribution in [2.75, 3.05) is 0 Å². The summed E-state index contributed by atoms with van der Waals surface area (Å²) in [7, 11) is 0. The molecular weight excluding hydrogens is 190 g/mol. The highest BCUT2D eigenvalue weighted by molar-refractivity contribution is 5.45. The molecule has 0 aromatic carbocycles. The second kappa shape index (κ2) is 3.27. The molecule has 0 spiro atoms. The number of rotatable bonds is 1. The summed E-state index contributed by atoms with van der Waals surface area (Å²) in [6.07, 6.45) is 3.64. The van der Waals surface area contributed by atoms with Crippen LogP contribution in [0.25, 0.3) is 5.65 Å². The van der Waals surface area contributed by atoms with E-state index in [1.54, 1.807) is 10.7 Å². The third kappa shape index (κ3) is 1.70. The predicted molar refractivity (Wildman–Crippen MR) is 57.4 cm³/mol. The van der Waals surface area contributed by atoms with Crippen molar-refractivity contribution in [1.29, 1.82) is 0 Å². The highest BCUT2D eigenvalue weighted by Gasteiger charge is 2.21. The summed E-state index contributed by atoms with van der Waals surface area (Å²) in [6, 6.07) is 0. The molecule has 2 rings (SSSR count). The lowest BCUT2D eigenvalue weighted by atomic mass is 9.92. The quantitative estimate of drug-likeness (QED) is 0.750. The zero-order valence-corrected chi connectivity index (χ0v) is 9.23. The van der Waals surface area contributed by atoms with E-state index in [0.29, 0.717) is 6.54 Å². The van der Waals surface area contributed by atoms with Crippen LogP contribution in [0.2, 0.25) is 0 Å². The van der Waals surface area contributed by atoms with Crippen LogP contribution in [0.5, 0.6) is 0 Å². The van der Waals surface area contributed by atoms with Crippen LogP contribution in [0.3, 0.4) is 0 Å². The third-order valence-electron chi connectivity index (χ3n) is 2.26. The Morgan fingerprint density at radius 2 is 2.13 bits per heavy atom. The van der Waals surface area contributed by atoms with Gasteiger partial charge in [-0.25, -0.2) is 9.50 Å². The molecule has 0 bridgehead atoms. The van der Waals surface area contributed by atoms with E-state index in [4.69, 9.17) is 5.73 Å². The summed E-state index contributed by atoms with van der Waals surface area (Å²) >= 11 is 0. The van der Waals surface area contributed by atoms with Gasteiger partial charge in [0.05, 0.1) is 0 Å². The van der Waals surface area contributed by atoms with E-state index in [1.807, 2.05) is 6.20 Å². The van der Waals surface area contributed by atoms with Gasteiger partial charge in [0.25, 0.3) is 0 Å². The number of nitrogens with zero attached hydrogens (tertiary/aromatic N) is 4. The Morgan fingerprint density at radius 3 is 2.73 bits per heavy atom. The van der Waals surface area contributed by atoms with Gasteiger partial charge in [0.2, 0.25) is 0 Å². The minimum absolute atomic E-state index is 0.0427. The Balaban J connectivity index is 2.62. The Labute approximate surface area is 88.3 Å². The van der Waals surface area contributed by atoms with Crippen LogP contribution < -0.4 is 5.73 Å². The molecule has 0 aliphatic heterocycles. The predicted octanol–water partition coefficient (Wildman–Crippen LogP) is 0.880. The SMILES string of the molecule is CC(C)(C)c1nnn2cc(CN)cnc12. The lowest BCUT2D eigenvalue weighted by Gasteiger charge is -2.13. The lowest BCUT2D eigenvalue weighted by molar-refractivity contribution is 0.570.